The molecule has 104 valence electrons. The molecule has 6 nitrogen and oxygen atoms in total. The van der Waals surface area contributed by atoms with Crippen LogP contribution in [0.2, 0.25) is 5.02 Å². The Morgan fingerprint density at radius 1 is 1.68 bits per heavy atom. The quantitative estimate of drug-likeness (QED) is 0.575. The van der Waals surface area contributed by atoms with E-state index in [2.05, 4.69) is 15.7 Å². The molecule has 1 aliphatic heterocycles. The Hall–Kier alpha value is -1.37. The monoisotopic (exact) mass is 284 g/mol. The highest BCUT2D eigenvalue weighted by Crippen LogP contribution is 2.26. The Morgan fingerprint density at radius 2 is 2.42 bits per heavy atom. The molecule has 1 aromatic rings. The molecular weight excluding hydrogens is 268 g/mol. The summed E-state index contributed by atoms with van der Waals surface area (Å²) in [4.78, 5) is 16.2. The number of ether oxygens (including phenoxy) is 1. The SMILES string of the molecule is CC1OCCC1(C)NC(=O)c1cnc(NN)c(Cl)c1. The molecule has 0 spiro atoms. The zero-order chi connectivity index (χ0) is 14.0. The van der Waals surface area contributed by atoms with Crippen LogP contribution in [0.15, 0.2) is 12.3 Å². The lowest BCUT2D eigenvalue weighted by Crippen LogP contribution is -2.50. The van der Waals surface area contributed by atoms with Gasteiger partial charge < -0.3 is 15.5 Å². The zero-order valence-corrected chi connectivity index (χ0v) is 11.6. The summed E-state index contributed by atoms with van der Waals surface area (Å²) < 4.78 is 5.48. The molecule has 0 saturated carbocycles. The maximum atomic E-state index is 12.2. The van der Waals surface area contributed by atoms with Crippen LogP contribution in [0, 0.1) is 0 Å². The van der Waals surface area contributed by atoms with Crippen LogP contribution in [0.3, 0.4) is 0 Å². The molecule has 7 heteroatoms. The van der Waals surface area contributed by atoms with Crippen LogP contribution in [-0.4, -0.2) is 29.1 Å². The second kappa shape index (κ2) is 5.32. The molecule has 1 aliphatic rings. The predicted octanol–water partition coefficient (Wildman–Crippen LogP) is 1.32. The number of hydrogen-bond acceptors (Lipinski definition) is 5. The van der Waals surface area contributed by atoms with Gasteiger partial charge in [0.1, 0.15) is 0 Å². The number of nitrogens with zero attached hydrogens (tertiary/aromatic N) is 1. The van der Waals surface area contributed by atoms with E-state index in [4.69, 9.17) is 22.2 Å². The molecule has 19 heavy (non-hydrogen) atoms. The molecule has 0 aliphatic carbocycles. The van der Waals surface area contributed by atoms with Gasteiger partial charge >= 0.3 is 0 Å². The second-order valence-corrected chi connectivity index (χ2v) is 5.24. The van der Waals surface area contributed by atoms with Crippen molar-refractivity contribution in [2.24, 2.45) is 5.84 Å². The molecule has 1 saturated heterocycles. The van der Waals surface area contributed by atoms with Crippen molar-refractivity contribution in [2.75, 3.05) is 12.0 Å². The summed E-state index contributed by atoms with van der Waals surface area (Å²) in [6, 6.07) is 1.53. The molecule has 2 heterocycles. The van der Waals surface area contributed by atoms with Crippen molar-refractivity contribution in [1.82, 2.24) is 10.3 Å². The number of rotatable bonds is 3. The van der Waals surface area contributed by atoms with Crippen molar-refractivity contribution in [3.05, 3.63) is 22.8 Å². The van der Waals surface area contributed by atoms with Crippen LogP contribution in [0.1, 0.15) is 30.6 Å². The third-order valence-electron chi connectivity index (χ3n) is 3.53. The van der Waals surface area contributed by atoms with Crippen molar-refractivity contribution in [1.29, 1.82) is 0 Å². The maximum Gasteiger partial charge on any atom is 0.253 e. The summed E-state index contributed by atoms with van der Waals surface area (Å²) in [7, 11) is 0. The van der Waals surface area contributed by atoms with E-state index in [1.54, 1.807) is 0 Å². The number of nitrogens with one attached hydrogen (secondary N) is 2. The highest BCUT2D eigenvalue weighted by Gasteiger charge is 2.38. The van der Waals surface area contributed by atoms with Crippen LogP contribution in [0.5, 0.6) is 0 Å². The zero-order valence-electron chi connectivity index (χ0n) is 10.9. The minimum Gasteiger partial charge on any atom is -0.376 e. The fraction of sp³-hybridized carbons (Fsp3) is 0.500. The number of anilines is 1. The van der Waals surface area contributed by atoms with Crippen molar-refractivity contribution in [2.45, 2.75) is 31.9 Å². The molecule has 4 N–H and O–H groups in total. The minimum atomic E-state index is -0.367. The van der Waals surface area contributed by atoms with E-state index in [9.17, 15) is 4.79 Å². The summed E-state index contributed by atoms with van der Waals surface area (Å²) in [5.74, 6) is 5.35. The number of hydrogen-bond donors (Lipinski definition) is 3. The Kier molecular flexibility index (Phi) is 3.93. The second-order valence-electron chi connectivity index (χ2n) is 4.83. The standard InChI is InChI=1S/C12H17ClN4O2/c1-7-12(2,3-4-19-7)16-11(18)8-5-9(13)10(17-14)15-6-8/h5-7H,3-4,14H2,1-2H3,(H,15,17)(H,16,18). The number of halogens is 1. The first kappa shape index (κ1) is 14.0. The fourth-order valence-corrected chi connectivity index (χ4v) is 2.22. The molecule has 1 fully saturated rings. The lowest BCUT2D eigenvalue weighted by Gasteiger charge is -2.28. The van der Waals surface area contributed by atoms with Gasteiger partial charge in [0, 0.05) is 12.8 Å². The smallest absolute Gasteiger partial charge is 0.253 e. The van der Waals surface area contributed by atoms with Gasteiger partial charge in [-0.3, -0.25) is 4.79 Å². The Bertz CT molecular complexity index is 497. The van der Waals surface area contributed by atoms with Crippen molar-refractivity contribution < 1.29 is 9.53 Å². The number of nitrogen functional groups attached to an aromatic ring is 1. The predicted molar refractivity (Wildman–Crippen MR) is 73.0 cm³/mol. The van der Waals surface area contributed by atoms with Crippen LogP contribution >= 0.6 is 11.6 Å². The molecule has 1 aromatic heterocycles. The molecule has 2 atom stereocenters. The van der Waals surface area contributed by atoms with Crippen molar-refractivity contribution in [3.63, 3.8) is 0 Å². The highest BCUT2D eigenvalue weighted by atomic mass is 35.5. The van der Waals surface area contributed by atoms with Crippen LogP contribution in [0.4, 0.5) is 5.82 Å². The number of carbonyl (C=O) groups is 1. The van der Waals surface area contributed by atoms with Gasteiger partial charge in [0.05, 0.1) is 22.2 Å². The third-order valence-corrected chi connectivity index (χ3v) is 3.81. The number of nitrogens with two attached hydrogens (primary N) is 1. The Labute approximate surface area is 116 Å². The summed E-state index contributed by atoms with van der Waals surface area (Å²) >= 11 is 5.94. The van der Waals surface area contributed by atoms with Crippen LogP contribution in [-0.2, 0) is 4.74 Å². The first-order chi connectivity index (χ1) is 8.96. The number of hydrazine groups is 1. The summed E-state index contributed by atoms with van der Waals surface area (Å²) in [5, 5.41) is 3.27. The maximum absolute atomic E-state index is 12.2. The lowest BCUT2D eigenvalue weighted by molar-refractivity contribution is 0.0727. The third kappa shape index (κ3) is 2.80. The number of pyridine rings is 1. The van der Waals surface area contributed by atoms with Gasteiger partial charge in [-0.2, -0.15) is 0 Å². The lowest BCUT2D eigenvalue weighted by atomic mass is 9.94. The summed E-state index contributed by atoms with van der Waals surface area (Å²) in [5.41, 5.74) is 2.38. The van der Waals surface area contributed by atoms with Gasteiger partial charge in [-0.15, -0.1) is 0 Å². The Morgan fingerprint density at radius 3 is 2.95 bits per heavy atom. The molecular formula is C12H17ClN4O2. The first-order valence-corrected chi connectivity index (χ1v) is 6.40. The molecule has 1 amide bonds. The number of carbonyl (C=O) groups excluding carboxylic acids is 1. The molecule has 0 aromatic carbocycles. The topological polar surface area (TPSA) is 89.3 Å². The number of aromatic nitrogens is 1. The number of amides is 1. The normalized spacial score (nSPS) is 26.2. The van der Waals surface area contributed by atoms with Gasteiger partial charge in [0.15, 0.2) is 5.82 Å². The van der Waals surface area contributed by atoms with E-state index in [-0.39, 0.29) is 17.6 Å². The molecule has 2 unspecified atom stereocenters. The minimum absolute atomic E-state index is 0.0233. The first-order valence-electron chi connectivity index (χ1n) is 6.02. The van der Waals surface area contributed by atoms with E-state index >= 15 is 0 Å². The Balaban J connectivity index is 2.14. The van der Waals surface area contributed by atoms with E-state index < -0.39 is 0 Å². The highest BCUT2D eigenvalue weighted by molar-refractivity contribution is 6.33. The van der Waals surface area contributed by atoms with Gasteiger partial charge in [0.25, 0.3) is 5.91 Å². The summed E-state index contributed by atoms with van der Waals surface area (Å²) in [6.07, 6.45) is 2.19. The van der Waals surface area contributed by atoms with E-state index in [0.717, 1.165) is 6.42 Å². The average molecular weight is 285 g/mol. The average Bonchev–Trinajstić information content (AvgIpc) is 2.69. The van der Waals surface area contributed by atoms with Gasteiger partial charge in [0.2, 0.25) is 0 Å². The van der Waals surface area contributed by atoms with Crippen molar-refractivity contribution >= 4 is 23.3 Å². The molecule has 2 rings (SSSR count). The van der Waals surface area contributed by atoms with Crippen molar-refractivity contribution in [3.8, 4) is 0 Å². The van der Waals surface area contributed by atoms with E-state index in [0.29, 0.717) is 23.0 Å². The molecule has 0 bridgehead atoms. The van der Waals surface area contributed by atoms with E-state index in [1.807, 2.05) is 13.8 Å². The largest absolute Gasteiger partial charge is 0.376 e. The fourth-order valence-electron chi connectivity index (χ4n) is 2.00. The van der Waals surface area contributed by atoms with Gasteiger partial charge in [-0.1, -0.05) is 11.6 Å². The van der Waals surface area contributed by atoms with Crippen LogP contribution in [0.25, 0.3) is 0 Å². The molecule has 0 radical (unpaired) electrons. The summed E-state index contributed by atoms with van der Waals surface area (Å²) in [6.45, 7) is 4.56. The van der Waals surface area contributed by atoms with E-state index in [1.165, 1.54) is 12.3 Å². The van der Waals surface area contributed by atoms with Gasteiger partial charge in [-0.25, -0.2) is 10.8 Å². The van der Waals surface area contributed by atoms with Gasteiger partial charge in [-0.05, 0) is 26.3 Å². The van der Waals surface area contributed by atoms with Crippen LogP contribution < -0.4 is 16.6 Å².